The molecule has 1 aromatic carbocycles. The first-order chi connectivity index (χ1) is 14.3. The summed E-state index contributed by atoms with van der Waals surface area (Å²) in [5, 5.41) is 3.33. The average molecular weight is 390 g/mol. The van der Waals surface area contributed by atoms with E-state index in [9.17, 15) is 4.79 Å². The molecule has 3 aromatic rings. The van der Waals surface area contributed by atoms with Gasteiger partial charge in [0.1, 0.15) is 0 Å². The van der Waals surface area contributed by atoms with Crippen LogP contribution in [0.1, 0.15) is 31.2 Å². The van der Waals surface area contributed by atoms with Gasteiger partial charge in [-0.15, -0.1) is 0 Å². The topological polar surface area (TPSA) is 85.8 Å². The van der Waals surface area contributed by atoms with Crippen molar-refractivity contribution < 1.29 is 0 Å². The number of nitrogens with zero attached hydrogens (tertiary/aromatic N) is 3. The number of unbranched alkanes of at least 4 members (excludes halogenated alkanes) is 3. The Morgan fingerprint density at radius 2 is 1.76 bits per heavy atom. The first-order valence-electron chi connectivity index (χ1n) is 9.99. The third kappa shape index (κ3) is 6.12. The minimum absolute atomic E-state index is 0.135. The predicted molar refractivity (Wildman–Crippen MR) is 119 cm³/mol. The molecule has 0 fully saturated rings. The smallest absolute Gasteiger partial charge is 0.259 e. The highest BCUT2D eigenvalue weighted by Crippen LogP contribution is 2.17. The summed E-state index contributed by atoms with van der Waals surface area (Å²) in [5.74, 6) is 0.537. The van der Waals surface area contributed by atoms with Crippen molar-refractivity contribution in [2.75, 3.05) is 18.4 Å². The third-order valence-corrected chi connectivity index (χ3v) is 4.56. The summed E-state index contributed by atoms with van der Waals surface area (Å²) >= 11 is 0. The second-order valence-corrected chi connectivity index (χ2v) is 6.77. The molecule has 2 heterocycles. The summed E-state index contributed by atoms with van der Waals surface area (Å²) < 4.78 is 1.55. The number of benzene rings is 1. The highest BCUT2D eigenvalue weighted by molar-refractivity contribution is 5.64. The summed E-state index contributed by atoms with van der Waals surface area (Å²) in [4.78, 5) is 21.6. The summed E-state index contributed by atoms with van der Waals surface area (Å²) in [6.45, 7) is 1.47. The lowest BCUT2D eigenvalue weighted by Gasteiger charge is -2.12. The highest BCUT2D eigenvalue weighted by Gasteiger charge is 2.08. The number of nitrogens with one attached hydrogen (secondary N) is 1. The van der Waals surface area contributed by atoms with E-state index < -0.39 is 0 Å². The van der Waals surface area contributed by atoms with Gasteiger partial charge in [-0.3, -0.25) is 14.3 Å². The second-order valence-electron chi connectivity index (χ2n) is 6.77. The van der Waals surface area contributed by atoms with Gasteiger partial charge in [0.05, 0.1) is 5.69 Å². The van der Waals surface area contributed by atoms with Crippen LogP contribution in [0.3, 0.4) is 0 Å². The molecule has 0 unspecified atom stereocenters. The largest absolute Gasteiger partial charge is 0.355 e. The van der Waals surface area contributed by atoms with Crippen molar-refractivity contribution in [3.05, 3.63) is 76.8 Å². The standard InChI is InChI=1S/C23H27N5O/c24-13-6-1-2-7-14-26-23-27-21(20-10-15-25-16-11-20)18-22(29)28(23)17-12-19-8-4-3-5-9-19/h3-5,8-12,15-18H,1-2,6-7,13-14,24H2,(H,26,27). The molecule has 0 radical (unpaired) electrons. The Bertz CT molecular complexity index is 968. The van der Waals surface area contributed by atoms with Crippen LogP contribution in [0.25, 0.3) is 23.5 Å². The van der Waals surface area contributed by atoms with Crippen molar-refractivity contribution in [3.63, 3.8) is 0 Å². The fraction of sp³-hybridized carbons (Fsp3) is 0.261. The van der Waals surface area contributed by atoms with Crippen molar-refractivity contribution in [3.8, 4) is 11.3 Å². The van der Waals surface area contributed by atoms with Crippen LogP contribution < -0.4 is 16.6 Å². The Labute approximate surface area is 171 Å². The van der Waals surface area contributed by atoms with Crippen molar-refractivity contribution >= 4 is 18.2 Å². The Hall–Kier alpha value is -3.25. The van der Waals surface area contributed by atoms with Crippen LogP contribution in [0.4, 0.5) is 5.95 Å². The number of hydrogen-bond donors (Lipinski definition) is 2. The van der Waals surface area contributed by atoms with E-state index in [1.165, 1.54) is 0 Å². The second kappa shape index (κ2) is 10.9. The Morgan fingerprint density at radius 3 is 2.52 bits per heavy atom. The monoisotopic (exact) mass is 389 g/mol. The van der Waals surface area contributed by atoms with Gasteiger partial charge in [-0.25, -0.2) is 4.98 Å². The zero-order valence-electron chi connectivity index (χ0n) is 16.5. The number of hydrogen-bond acceptors (Lipinski definition) is 5. The number of anilines is 1. The molecule has 29 heavy (non-hydrogen) atoms. The van der Waals surface area contributed by atoms with Crippen molar-refractivity contribution in [1.29, 1.82) is 0 Å². The van der Waals surface area contributed by atoms with Crippen molar-refractivity contribution in [2.45, 2.75) is 25.7 Å². The van der Waals surface area contributed by atoms with Gasteiger partial charge in [0.25, 0.3) is 5.56 Å². The fourth-order valence-corrected chi connectivity index (χ4v) is 2.98. The van der Waals surface area contributed by atoms with Crippen LogP contribution >= 0.6 is 0 Å². The molecule has 0 aliphatic rings. The maximum absolute atomic E-state index is 12.8. The first kappa shape index (κ1) is 20.5. The van der Waals surface area contributed by atoms with Gasteiger partial charge in [-0.1, -0.05) is 43.2 Å². The SMILES string of the molecule is NCCCCCCNc1nc(-c2ccncc2)cc(=O)n1C=Cc1ccccc1. The van der Waals surface area contributed by atoms with E-state index in [4.69, 9.17) is 10.7 Å². The minimum atomic E-state index is -0.135. The minimum Gasteiger partial charge on any atom is -0.355 e. The Balaban J connectivity index is 1.84. The van der Waals surface area contributed by atoms with Gasteiger partial charge < -0.3 is 11.1 Å². The summed E-state index contributed by atoms with van der Waals surface area (Å²) in [5.41, 5.74) is 7.93. The lowest BCUT2D eigenvalue weighted by Crippen LogP contribution is -2.21. The zero-order valence-corrected chi connectivity index (χ0v) is 16.5. The molecule has 0 spiro atoms. The number of rotatable bonds is 10. The lowest BCUT2D eigenvalue weighted by atomic mass is 10.2. The summed E-state index contributed by atoms with van der Waals surface area (Å²) in [6.07, 6.45) is 11.3. The van der Waals surface area contributed by atoms with Gasteiger partial charge >= 0.3 is 0 Å². The molecule has 0 amide bonds. The van der Waals surface area contributed by atoms with Crippen molar-refractivity contribution in [2.24, 2.45) is 5.73 Å². The molecular formula is C23H27N5O. The number of aromatic nitrogens is 3. The van der Waals surface area contributed by atoms with E-state index in [0.29, 0.717) is 11.6 Å². The van der Waals surface area contributed by atoms with Gasteiger partial charge in [0.2, 0.25) is 5.95 Å². The van der Waals surface area contributed by atoms with Crippen LogP contribution in [0.2, 0.25) is 0 Å². The van der Waals surface area contributed by atoms with Crippen LogP contribution in [-0.2, 0) is 0 Å². The van der Waals surface area contributed by atoms with E-state index in [1.54, 1.807) is 29.2 Å². The summed E-state index contributed by atoms with van der Waals surface area (Å²) in [6, 6.07) is 15.1. The van der Waals surface area contributed by atoms with Gasteiger partial charge in [0, 0.05) is 36.8 Å². The lowest BCUT2D eigenvalue weighted by molar-refractivity contribution is 0.659. The highest BCUT2D eigenvalue weighted by atomic mass is 16.1. The molecule has 0 aliphatic carbocycles. The van der Waals surface area contributed by atoms with E-state index in [0.717, 1.165) is 49.9 Å². The fourth-order valence-electron chi connectivity index (χ4n) is 2.98. The van der Waals surface area contributed by atoms with Gasteiger partial charge in [-0.2, -0.15) is 0 Å². The number of pyridine rings is 1. The molecule has 0 aliphatic heterocycles. The molecule has 2 aromatic heterocycles. The van der Waals surface area contributed by atoms with Crippen LogP contribution in [0.5, 0.6) is 0 Å². The van der Waals surface area contributed by atoms with E-state index in [2.05, 4.69) is 10.3 Å². The third-order valence-electron chi connectivity index (χ3n) is 4.56. The van der Waals surface area contributed by atoms with Crippen LogP contribution in [0.15, 0.2) is 65.7 Å². The average Bonchev–Trinajstić information content (AvgIpc) is 2.76. The molecular weight excluding hydrogens is 362 g/mol. The molecule has 0 atom stereocenters. The zero-order chi connectivity index (χ0) is 20.3. The molecule has 3 N–H and O–H groups in total. The quantitative estimate of drug-likeness (QED) is 0.514. The summed E-state index contributed by atoms with van der Waals surface area (Å²) in [7, 11) is 0. The molecule has 0 saturated carbocycles. The Kier molecular flexibility index (Phi) is 7.72. The maximum atomic E-state index is 12.8. The maximum Gasteiger partial charge on any atom is 0.259 e. The first-order valence-corrected chi connectivity index (χ1v) is 9.99. The van der Waals surface area contributed by atoms with Gasteiger partial charge in [0.15, 0.2) is 0 Å². The molecule has 0 saturated heterocycles. The molecule has 6 nitrogen and oxygen atoms in total. The predicted octanol–water partition coefficient (Wildman–Crippen LogP) is 3.86. The Morgan fingerprint density at radius 1 is 1.00 bits per heavy atom. The van der Waals surface area contributed by atoms with Crippen LogP contribution in [0, 0.1) is 0 Å². The van der Waals surface area contributed by atoms with E-state index >= 15 is 0 Å². The van der Waals surface area contributed by atoms with E-state index in [1.807, 2.05) is 48.5 Å². The van der Waals surface area contributed by atoms with E-state index in [-0.39, 0.29) is 5.56 Å². The van der Waals surface area contributed by atoms with Crippen LogP contribution in [-0.4, -0.2) is 27.6 Å². The number of nitrogens with two attached hydrogens (primary N) is 1. The molecule has 6 heteroatoms. The van der Waals surface area contributed by atoms with Crippen molar-refractivity contribution in [1.82, 2.24) is 14.5 Å². The molecule has 150 valence electrons. The molecule has 3 rings (SSSR count). The van der Waals surface area contributed by atoms with Gasteiger partial charge in [-0.05, 0) is 43.2 Å². The molecule has 0 bridgehead atoms. The normalized spacial score (nSPS) is 11.1.